The number of aliphatic carboxylic acids is 2. The molecule has 3 heterocycles. The van der Waals surface area contributed by atoms with Crippen LogP contribution < -0.4 is 10.2 Å². The highest BCUT2D eigenvalue weighted by Gasteiger charge is 2.38. The van der Waals surface area contributed by atoms with E-state index < -0.39 is 24.3 Å². The van der Waals surface area contributed by atoms with Gasteiger partial charge in [0.1, 0.15) is 0 Å². The Morgan fingerprint density at radius 1 is 0.897 bits per heavy atom. The van der Waals surface area contributed by atoms with E-state index in [1.807, 2.05) is 30.6 Å². The number of pyridine rings is 1. The molecule has 2 aliphatic rings. The molecular weight excluding hydrogens is 538 g/mol. The number of carbonyl (C=O) groups excluding carboxylic acids is 1. The summed E-state index contributed by atoms with van der Waals surface area (Å²) in [6.07, 6.45) is -4.12. The largest absolute Gasteiger partial charge is 0.490 e. The molecule has 0 aliphatic carbocycles. The molecule has 0 atom stereocenters. The maximum Gasteiger partial charge on any atom is 0.490 e. The molecule has 0 unspecified atom stereocenters. The lowest BCUT2D eigenvalue weighted by molar-refractivity contribution is -0.193. The summed E-state index contributed by atoms with van der Waals surface area (Å²) >= 11 is 0. The van der Waals surface area contributed by atoms with Gasteiger partial charge in [-0.3, -0.25) is 14.7 Å². The molecule has 2 aliphatic heterocycles. The highest BCUT2D eigenvalue weighted by molar-refractivity contribution is 5.93. The van der Waals surface area contributed by atoms with Crippen LogP contribution in [0.4, 0.5) is 37.7 Å². The number of benzene rings is 1. The number of hydrogen-bond acceptors (Lipinski definition) is 6. The van der Waals surface area contributed by atoms with Crippen LogP contribution in [0.15, 0.2) is 48.8 Å². The summed E-state index contributed by atoms with van der Waals surface area (Å²) < 4.78 is 63.5. The second-order valence-corrected chi connectivity index (χ2v) is 8.62. The highest BCUT2D eigenvalue weighted by atomic mass is 19.4. The van der Waals surface area contributed by atoms with Gasteiger partial charge in [-0.2, -0.15) is 26.3 Å². The van der Waals surface area contributed by atoms with Crippen molar-refractivity contribution in [2.75, 3.05) is 36.4 Å². The molecule has 0 bridgehead atoms. The molecule has 3 N–H and O–H groups in total. The third-order valence-electron chi connectivity index (χ3n) is 5.70. The lowest BCUT2D eigenvalue weighted by Gasteiger charge is -2.35. The van der Waals surface area contributed by atoms with Crippen LogP contribution in [0.3, 0.4) is 0 Å². The second-order valence-electron chi connectivity index (χ2n) is 8.62. The molecule has 0 radical (unpaired) electrons. The quantitative estimate of drug-likeness (QED) is 0.478. The van der Waals surface area contributed by atoms with Crippen LogP contribution in [0.2, 0.25) is 0 Å². The summed E-state index contributed by atoms with van der Waals surface area (Å²) in [7, 11) is 0. The summed E-state index contributed by atoms with van der Waals surface area (Å²) in [4.78, 5) is 38.8. The van der Waals surface area contributed by atoms with Crippen LogP contribution in [-0.2, 0) is 20.9 Å². The number of nitrogens with zero attached hydrogens (tertiary/aromatic N) is 3. The maximum atomic E-state index is 12.2. The number of rotatable bonds is 3. The van der Waals surface area contributed by atoms with E-state index in [0.717, 1.165) is 31.9 Å². The van der Waals surface area contributed by atoms with E-state index in [-0.39, 0.29) is 5.91 Å². The molecule has 2 aromatic rings. The van der Waals surface area contributed by atoms with Crippen molar-refractivity contribution in [3.63, 3.8) is 0 Å². The molecule has 214 valence electrons. The number of aromatic nitrogens is 1. The zero-order valence-electron chi connectivity index (χ0n) is 20.4. The standard InChI is InChI=1S/C20H24N4O.2C2HF3O2/c25-20-15-23(14-17-3-1-2-4-19(17)22-20)13-16-7-11-24(12-8-16)18-5-9-21-10-6-18;2*3-2(4,5)1(6)7/h1-6,9-10,16H,7-8,11-15H2,(H,22,25);2*(H,6,7). The van der Waals surface area contributed by atoms with Crippen LogP contribution in [0, 0.1) is 5.92 Å². The number of alkyl halides is 6. The fourth-order valence-electron chi connectivity index (χ4n) is 3.89. The molecule has 9 nitrogen and oxygen atoms in total. The van der Waals surface area contributed by atoms with E-state index in [1.54, 1.807) is 0 Å². The number of nitrogens with one attached hydrogen (secondary N) is 1. The van der Waals surface area contributed by atoms with Crippen molar-refractivity contribution in [3.8, 4) is 0 Å². The number of para-hydroxylation sites is 1. The van der Waals surface area contributed by atoms with Crippen LogP contribution in [0.5, 0.6) is 0 Å². The normalized spacial score (nSPS) is 16.4. The number of carboxylic acids is 2. The average Bonchev–Trinajstić information content (AvgIpc) is 3.01. The number of hydrogen-bond donors (Lipinski definition) is 3. The maximum absolute atomic E-state index is 12.2. The first-order chi connectivity index (χ1) is 18.2. The van der Waals surface area contributed by atoms with Gasteiger partial charge >= 0.3 is 24.3 Å². The van der Waals surface area contributed by atoms with E-state index in [0.29, 0.717) is 12.5 Å². The number of fused-ring (bicyclic) bond motifs is 1. The van der Waals surface area contributed by atoms with Crippen LogP contribution in [0.25, 0.3) is 0 Å². The Labute approximate surface area is 219 Å². The number of carboxylic acid groups (broad SMARTS) is 2. The molecule has 15 heteroatoms. The van der Waals surface area contributed by atoms with Crippen LogP contribution >= 0.6 is 0 Å². The van der Waals surface area contributed by atoms with Gasteiger partial charge in [-0.05, 0) is 42.5 Å². The predicted molar refractivity (Wildman–Crippen MR) is 127 cm³/mol. The summed E-state index contributed by atoms with van der Waals surface area (Å²) in [5.74, 6) is -4.77. The number of piperidine rings is 1. The number of carbonyl (C=O) groups is 3. The smallest absolute Gasteiger partial charge is 0.475 e. The average molecular weight is 564 g/mol. The first-order valence-electron chi connectivity index (χ1n) is 11.5. The first kappa shape index (κ1) is 31.3. The van der Waals surface area contributed by atoms with Gasteiger partial charge in [-0.25, -0.2) is 9.59 Å². The van der Waals surface area contributed by atoms with Gasteiger partial charge in [0, 0.05) is 49.9 Å². The predicted octanol–water partition coefficient (Wildman–Crippen LogP) is 4.02. The van der Waals surface area contributed by atoms with Crippen molar-refractivity contribution in [1.29, 1.82) is 0 Å². The summed E-state index contributed by atoms with van der Waals surface area (Å²) in [6.45, 7) is 4.47. The minimum atomic E-state index is -5.08. The van der Waals surface area contributed by atoms with E-state index in [2.05, 4.69) is 38.3 Å². The van der Waals surface area contributed by atoms with E-state index in [1.165, 1.54) is 24.1 Å². The summed E-state index contributed by atoms with van der Waals surface area (Å²) in [5, 5.41) is 17.3. The molecular formula is C24H26F6N4O5. The van der Waals surface area contributed by atoms with E-state index >= 15 is 0 Å². The summed E-state index contributed by atoms with van der Waals surface area (Å²) in [6, 6.07) is 12.3. The SMILES string of the molecule is O=C(O)C(F)(F)F.O=C(O)C(F)(F)F.O=C1CN(CC2CCN(c3ccncc3)CC2)Cc2ccccc2N1. The van der Waals surface area contributed by atoms with Crippen LogP contribution in [-0.4, -0.2) is 76.5 Å². The Hall–Kier alpha value is -3.88. The Balaban J connectivity index is 0.000000317. The Morgan fingerprint density at radius 2 is 1.41 bits per heavy atom. The van der Waals surface area contributed by atoms with E-state index in [4.69, 9.17) is 19.8 Å². The third kappa shape index (κ3) is 10.8. The topological polar surface area (TPSA) is 123 Å². The third-order valence-corrected chi connectivity index (χ3v) is 5.70. The minimum Gasteiger partial charge on any atom is -0.475 e. The number of amides is 1. The molecule has 1 saturated heterocycles. The van der Waals surface area contributed by atoms with Gasteiger partial charge in [0.15, 0.2) is 0 Å². The van der Waals surface area contributed by atoms with E-state index in [9.17, 15) is 31.1 Å². The highest BCUT2D eigenvalue weighted by Crippen LogP contribution is 2.26. The zero-order chi connectivity index (χ0) is 29.2. The monoisotopic (exact) mass is 564 g/mol. The molecule has 39 heavy (non-hydrogen) atoms. The molecule has 0 saturated carbocycles. The number of halogens is 6. The van der Waals surface area contributed by atoms with Crippen molar-refractivity contribution in [1.82, 2.24) is 9.88 Å². The Bertz CT molecular complexity index is 1080. The molecule has 1 aromatic carbocycles. The number of anilines is 2. The molecule has 1 fully saturated rings. The minimum absolute atomic E-state index is 0.0965. The first-order valence-corrected chi connectivity index (χ1v) is 11.5. The lowest BCUT2D eigenvalue weighted by atomic mass is 9.95. The van der Waals surface area contributed by atoms with Gasteiger partial charge < -0.3 is 20.4 Å². The van der Waals surface area contributed by atoms with Crippen molar-refractivity contribution in [2.24, 2.45) is 5.92 Å². The Morgan fingerprint density at radius 3 is 1.92 bits per heavy atom. The van der Waals surface area contributed by atoms with Gasteiger partial charge in [-0.1, -0.05) is 18.2 Å². The van der Waals surface area contributed by atoms with Gasteiger partial charge in [-0.15, -0.1) is 0 Å². The lowest BCUT2D eigenvalue weighted by Crippen LogP contribution is -2.40. The van der Waals surface area contributed by atoms with Crippen molar-refractivity contribution < 1.29 is 50.9 Å². The molecule has 1 aromatic heterocycles. The Kier molecular flexibility index (Phi) is 11.1. The van der Waals surface area contributed by atoms with Crippen molar-refractivity contribution in [3.05, 3.63) is 54.4 Å². The van der Waals surface area contributed by atoms with Crippen molar-refractivity contribution >= 4 is 29.2 Å². The molecule has 4 rings (SSSR count). The zero-order valence-corrected chi connectivity index (χ0v) is 20.4. The fourth-order valence-corrected chi connectivity index (χ4v) is 3.89. The fraction of sp³-hybridized carbons (Fsp3) is 0.417. The molecule has 1 amide bonds. The van der Waals surface area contributed by atoms with Gasteiger partial charge in [0.2, 0.25) is 5.91 Å². The van der Waals surface area contributed by atoms with Crippen molar-refractivity contribution in [2.45, 2.75) is 31.7 Å². The van der Waals surface area contributed by atoms with Gasteiger partial charge in [0.05, 0.1) is 6.54 Å². The molecule has 0 spiro atoms. The summed E-state index contributed by atoms with van der Waals surface area (Å²) in [5.41, 5.74) is 3.43. The van der Waals surface area contributed by atoms with Gasteiger partial charge in [0.25, 0.3) is 0 Å². The van der Waals surface area contributed by atoms with Crippen LogP contribution in [0.1, 0.15) is 18.4 Å². The second kappa shape index (κ2) is 13.8.